The summed E-state index contributed by atoms with van der Waals surface area (Å²) in [6.07, 6.45) is 2.52. The minimum Gasteiger partial charge on any atom is -0.383 e. The lowest BCUT2D eigenvalue weighted by molar-refractivity contribution is 0.0706. The van der Waals surface area contributed by atoms with Crippen molar-refractivity contribution in [3.63, 3.8) is 0 Å². The van der Waals surface area contributed by atoms with Crippen LogP contribution in [-0.2, 0) is 11.3 Å². The first-order valence-corrected chi connectivity index (χ1v) is 9.00. The highest BCUT2D eigenvalue weighted by Gasteiger charge is 2.24. The summed E-state index contributed by atoms with van der Waals surface area (Å²) in [5.41, 5.74) is 6.20. The predicted molar refractivity (Wildman–Crippen MR) is 103 cm³/mol. The van der Waals surface area contributed by atoms with E-state index in [1.54, 1.807) is 36.9 Å². The number of ether oxygens (including phenoxy) is 1. The fraction of sp³-hybridized carbons (Fsp3) is 0.300. The highest BCUT2D eigenvalue weighted by molar-refractivity contribution is 5.93. The van der Waals surface area contributed by atoms with Crippen LogP contribution in [0.4, 0.5) is 11.6 Å². The van der Waals surface area contributed by atoms with Crippen LogP contribution in [0.3, 0.4) is 0 Å². The van der Waals surface area contributed by atoms with Crippen LogP contribution >= 0.6 is 0 Å². The number of hydrogen-bond donors (Lipinski definition) is 3. The first-order chi connectivity index (χ1) is 13.2. The molecule has 1 heterocycles. The van der Waals surface area contributed by atoms with Crippen molar-refractivity contribution < 1.29 is 14.7 Å². The van der Waals surface area contributed by atoms with Crippen LogP contribution in [0.2, 0.25) is 0 Å². The molecule has 0 aliphatic heterocycles. The SMILES string of the molecule is COCCn1c(Nc2ccc(C(=O)NO)cc2)nc2cc(C3CC3)ccc21. The molecule has 7 heteroatoms. The Kier molecular flexibility index (Phi) is 4.79. The molecule has 1 saturated carbocycles. The van der Waals surface area contributed by atoms with E-state index >= 15 is 0 Å². The van der Waals surface area contributed by atoms with Crippen molar-refractivity contribution >= 4 is 28.6 Å². The van der Waals surface area contributed by atoms with Crippen molar-refractivity contribution in [1.82, 2.24) is 15.0 Å². The number of anilines is 2. The molecule has 0 radical (unpaired) electrons. The number of hydrogen-bond acceptors (Lipinski definition) is 5. The van der Waals surface area contributed by atoms with Gasteiger partial charge in [-0.15, -0.1) is 0 Å². The zero-order chi connectivity index (χ0) is 18.8. The molecule has 140 valence electrons. The second-order valence-electron chi connectivity index (χ2n) is 6.75. The van der Waals surface area contributed by atoms with Gasteiger partial charge in [0.1, 0.15) is 0 Å². The highest BCUT2D eigenvalue weighted by Crippen LogP contribution is 2.41. The lowest BCUT2D eigenvalue weighted by Gasteiger charge is -2.11. The van der Waals surface area contributed by atoms with Crippen molar-refractivity contribution in [2.45, 2.75) is 25.3 Å². The van der Waals surface area contributed by atoms with Gasteiger partial charge >= 0.3 is 0 Å². The van der Waals surface area contributed by atoms with E-state index in [0.717, 1.165) is 22.7 Å². The zero-order valence-electron chi connectivity index (χ0n) is 15.1. The number of methoxy groups -OCH3 is 1. The maximum Gasteiger partial charge on any atom is 0.274 e. The number of fused-ring (bicyclic) bond motifs is 1. The van der Waals surface area contributed by atoms with E-state index < -0.39 is 5.91 Å². The van der Waals surface area contributed by atoms with Gasteiger partial charge in [0.05, 0.1) is 17.6 Å². The second-order valence-corrected chi connectivity index (χ2v) is 6.75. The summed E-state index contributed by atoms with van der Waals surface area (Å²) >= 11 is 0. The van der Waals surface area contributed by atoms with E-state index in [9.17, 15) is 4.79 Å². The lowest BCUT2D eigenvalue weighted by atomic mass is 10.1. The van der Waals surface area contributed by atoms with Gasteiger partial charge in [0.25, 0.3) is 5.91 Å². The zero-order valence-corrected chi connectivity index (χ0v) is 15.1. The largest absolute Gasteiger partial charge is 0.383 e. The van der Waals surface area contributed by atoms with E-state index in [2.05, 4.69) is 28.1 Å². The van der Waals surface area contributed by atoms with Crippen molar-refractivity contribution in [3.8, 4) is 0 Å². The summed E-state index contributed by atoms with van der Waals surface area (Å²) < 4.78 is 7.35. The average molecular weight is 366 g/mol. The van der Waals surface area contributed by atoms with Crippen LogP contribution in [0, 0.1) is 0 Å². The number of nitrogens with one attached hydrogen (secondary N) is 2. The third-order valence-electron chi connectivity index (χ3n) is 4.84. The second kappa shape index (κ2) is 7.38. The van der Waals surface area contributed by atoms with Crippen molar-refractivity contribution in [2.75, 3.05) is 19.0 Å². The first kappa shape index (κ1) is 17.5. The molecule has 3 aromatic rings. The molecule has 0 bridgehead atoms. The van der Waals surface area contributed by atoms with Gasteiger partial charge in [0, 0.05) is 24.9 Å². The number of carbonyl (C=O) groups excluding carboxylic acids is 1. The van der Waals surface area contributed by atoms with Crippen LogP contribution in [0.1, 0.15) is 34.7 Å². The lowest BCUT2D eigenvalue weighted by Crippen LogP contribution is -2.18. The Hall–Kier alpha value is -2.90. The molecule has 0 spiro atoms. The van der Waals surface area contributed by atoms with Crippen molar-refractivity contribution in [1.29, 1.82) is 0 Å². The van der Waals surface area contributed by atoms with E-state index in [4.69, 9.17) is 14.9 Å². The standard InChI is InChI=1S/C20H22N4O3/c1-27-11-10-24-18-9-6-15(13-2-3-13)12-17(18)22-20(24)21-16-7-4-14(5-8-16)19(25)23-26/h4-9,12-13,26H,2-3,10-11H2,1H3,(H,21,22)(H,23,25). The van der Waals surface area contributed by atoms with E-state index in [0.29, 0.717) is 24.6 Å². The van der Waals surface area contributed by atoms with Crippen LogP contribution in [0.5, 0.6) is 0 Å². The van der Waals surface area contributed by atoms with Crippen LogP contribution in [0.15, 0.2) is 42.5 Å². The summed E-state index contributed by atoms with van der Waals surface area (Å²) in [6, 6.07) is 13.3. The number of aromatic nitrogens is 2. The third kappa shape index (κ3) is 3.65. The number of rotatable bonds is 7. The molecule has 7 nitrogen and oxygen atoms in total. The molecule has 0 atom stereocenters. The molecule has 3 N–H and O–H groups in total. The summed E-state index contributed by atoms with van der Waals surface area (Å²) in [4.78, 5) is 16.2. The van der Waals surface area contributed by atoms with Crippen LogP contribution in [-0.4, -0.2) is 34.4 Å². The summed E-state index contributed by atoms with van der Waals surface area (Å²) in [7, 11) is 1.68. The molecule has 1 aromatic heterocycles. The number of benzene rings is 2. The smallest absolute Gasteiger partial charge is 0.274 e. The Morgan fingerprint density at radius 2 is 2.04 bits per heavy atom. The Labute approximate surface area is 156 Å². The molecular weight excluding hydrogens is 344 g/mol. The summed E-state index contributed by atoms with van der Waals surface area (Å²) in [5, 5.41) is 12.0. The number of amides is 1. The molecule has 2 aromatic carbocycles. The molecule has 27 heavy (non-hydrogen) atoms. The van der Waals surface area contributed by atoms with E-state index in [1.807, 2.05) is 0 Å². The van der Waals surface area contributed by atoms with Crippen molar-refractivity contribution in [2.24, 2.45) is 0 Å². The quantitative estimate of drug-likeness (QED) is 0.440. The van der Waals surface area contributed by atoms with Gasteiger partial charge in [-0.2, -0.15) is 0 Å². The number of carbonyl (C=O) groups is 1. The Bertz CT molecular complexity index is 961. The number of imidazole rings is 1. The molecule has 1 aliphatic carbocycles. The Morgan fingerprint density at radius 3 is 2.70 bits per heavy atom. The fourth-order valence-corrected chi connectivity index (χ4v) is 3.22. The van der Waals surface area contributed by atoms with Crippen LogP contribution in [0.25, 0.3) is 11.0 Å². The Morgan fingerprint density at radius 1 is 1.26 bits per heavy atom. The van der Waals surface area contributed by atoms with Gasteiger partial charge in [-0.3, -0.25) is 10.0 Å². The molecule has 1 amide bonds. The van der Waals surface area contributed by atoms with E-state index in [1.165, 1.54) is 18.4 Å². The van der Waals surface area contributed by atoms with Gasteiger partial charge in [-0.25, -0.2) is 10.5 Å². The maximum absolute atomic E-state index is 11.5. The minimum atomic E-state index is -0.540. The third-order valence-corrected chi connectivity index (χ3v) is 4.84. The van der Waals surface area contributed by atoms with Crippen molar-refractivity contribution in [3.05, 3.63) is 53.6 Å². The fourth-order valence-electron chi connectivity index (χ4n) is 3.22. The normalized spacial score (nSPS) is 13.7. The molecule has 1 aliphatic rings. The van der Waals surface area contributed by atoms with Gasteiger partial charge in [0.15, 0.2) is 0 Å². The highest BCUT2D eigenvalue weighted by atomic mass is 16.5. The number of nitrogens with zero attached hydrogens (tertiary/aromatic N) is 2. The van der Waals surface area contributed by atoms with Crippen LogP contribution < -0.4 is 10.8 Å². The van der Waals surface area contributed by atoms with E-state index in [-0.39, 0.29) is 0 Å². The molecule has 4 rings (SSSR count). The monoisotopic (exact) mass is 366 g/mol. The minimum absolute atomic E-state index is 0.380. The molecular formula is C20H22N4O3. The molecule has 0 saturated heterocycles. The first-order valence-electron chi connectivity index (χ1n) is 9.00. The average Bonchev–Trinajstić information content (AvgIpc) is 3.49. The van der Waals surface area contributed by atoms with Gasteiger partial charge < -0.3 is 14.6 Å². The summed E-state index contributed by atoms with van der Waals surface area (Å²) in [5.74, 6) is 0.871. The summed E-state index contributed by atoms with van der Waals surface area (Å²) in [6.45, 7) is 1.27. The maximum atomic E-state index is 11.5. The Balaban J connectivity index is 1.65. The van der Waals surface area contributed by atoms with Gasteiger partial charge in [0.2, 0.25) is 5.95 Å². The van der Waals surface area contributed by atoms with Gasteiger partial charge in [-0.1, -0.05) is 6.07 Å². The topological polar surface area (TPSA) is 88.4 Å². The molecule has 0 unspecified atom stereocenters. The van der Waals surface area contributed by atoms with Gasteiger partial charge in [-0.05, 0) is 60.7 Å². The number of hydroxylamine groups is 1. The predicted octanol–water partition coefficient (Wildman–Crippen LogP) is 3.42. The molecule has 1 fully saturated rings.